The van der Waals surface area contributed by atoms with Crippen molar-refractivity contribution in [2.45, 2.75) is 0 Å². The van der Waals surface area contributed by atoms with Crippen LogP contribution < -0.4 is 25.4 Å². The molecule has 2 aromatic carbocycles. The molecule has 3 aromatic rings. The van der Waals surface area contributed by atoms with Crippen LogP contribution in [0.5, 0.6) is 5.75 Å². The van der Waals surface area contributed by atoms with Gasteiger partial charge in [0, 0.05) is 31.9 Å². The molecule has 0 saturated carbocycles. The number of hydrogen-bond acceptors (Lipinski definition) is 9. The summed E-state index contributed by atoms with van der Waals surface area (Å²) in [6.45, 7) is 2.35. The molecule has 0 unspecified atom stereocenters. The first-order valence-corrected chi connectivity index (χ1v) is 10.8. The van der Waals surface area contributed by atoms with Gasteiger partial charge in [-0.25, -0.2) is 9.97 Å². The summed E-state index contributed by atoms with van der Waals surface area (Å²) in [6, 6.07) is 14.2. The zero-order chi connectivity index (χ0) is 24.1. The molecule has 34 heavy (non-hydrogen) atoms. The van der Waals surface area contributed by atoms with Gasteiger partial charge in [-0.1, -0.05) is 23.7 Å². The van der Waals surface area contributed by atoms with Crippen LogP contribution >= 0.6 is 11.6 Å². The second-order valence-corrected chi connectivity index (χ2v) is 7.79. The van der Waals surface area contributed by atoms with Gasteiger partial charge in [0.2, 0.25) is 11.6 Å². The van der Waals surface area contributed by atoms with Crippen molar-refractivity contribution >= 4 is 40.5 Å². The van der Waals surface area contributed by atoms with Crippen molar-refractivity contribution in [1.29, 1.82) is 0 Å². The number of amides is 1. The standard InChI is InChI=1S/C22H22ClN7O4/c1-34-16-8-6-15(7-9-16)28-10-12-29(13-11-28)21-19(30(32)33)20(24-14-25-21)26-27-22(31)17-4-2-3-5-18(17)23/h2-9,14H,10-13H2,1H3,(H,27,31)(H,24,25,26). The Kier molecular flexibility index (Phi) is 6.93. The predicted octanol–water partition coefficient (Wildman–Crippen LogP) is 3.13. The first-order valence-electron chi connectivity index (χ1n) is 10.4. The maximum atomic E-state index is 12.4. The molecule has 0 bridgehead atoms. The minimum absolute atomic E-state index is 0.118. The molecule has 1 aliphatic heterocycles. The van der Waals surface area contributed by atoms with E-state index in [4.69, 9.17) is 16.3 Å². The van der Waals surface area contributed by atoms with Gasteiger partial charge in [-0.15, -0.1) is 0 Å². The van der Waals surface area contributed by atoms with Gasteiger partial charge in [0.15, 0.2) is 0 Å². The van der Waals surface area contributed by atoms with Gasteiger partial charge < -0.3 is 14.5 Å². The topological polar surface area (TPSA) is 126 Å². The quantitative estimate of drug-likeness (QED) is 0.385. The van der Waals surface area contributed by atoms with E-state index in [1.807, 2.05) is 29.2 Å². The molecule has 1 aliphatic rings. The number of carbonyl (C=O) groups excluding carboxylic acids is 1. The van der Waals surface area contributed by atoms with Crippen molar-refractivity contribution in [3.05, 3.63) is 75.6 Å². The number of rotatable bonds is 7. The van der Waals surface area contributed by atoms with Gasteiger partial charge in [-0.05, 0) is 36.4 Å². The first kappa shape index (κ1) is 23.1. The lowest BCUT2D eigenvalue weighted by Gasteiger charge is -2.36. The molecule has 0 atom stereocenters. The Morgan fingerprint density at radius 2 is 1.74 bits per heavy atom. The Morgan fingerprint density at radius 1 is 1.06 bits per heavy atom. The van der Waals surface area contributed by atoms with Crippen molar-refractivity contribution in [3.8, 4) is 5.75 Å². The summed E-state index contributed by atoms with van der Waals surface area (Å²) < 4.78 is 5.20. The van der Waals surface area contributed by atoms with Crippen LogP contribution in [-0.4, -0.2) is 54.1 Å². The highest BCUT2D eigenvalue weighted by atomic mass is 35.5. The number of anilines is 3. The van der Waals surface area contributed by atoms with Crippen LogP contribution in [0, 0.1) is 10.1 Å². The predicted molar refractivity (Wildman–Crippen MR) is 129 cm³/mol. The molecule has 11 nitrogen and oxygen atoms in total. The lowest BCUT2D eigenvalue weighted by atomic mass is 10.2. The second kappa shape index (κ2) is 10.2. The summed E-state index contributed by atoms with van der Waals surface area (Å²) in [5, 5.41) is 12.2. The van der Waals surface area contributed by atoms with E-state index in [-0.39, 0.29) is 27.9 Å². The smallest absolute Gasteiger partial charge is 0.355 e. The molecule has 0 radical (unpaired) electrons. The highest BCUT2D eigenvalue weighted by Crippen LogP contribution is 2.32. The van der Waals surface area contributed by atoms with Gasteiger partial charge in [0.05, 0.1) is 22.6 Å². The zero-order valence-electron chi connectivity index (χ0n) is 18.3. The average Bonchev–Trinajstić information content (AvgIpc) is 2.87. The molecule has 1 amide bonds. The monoisotopic (exact) mass is 483 g/mol. The van der Waals surface area contributed by atoms with Crippen LogP contribution in [0.2, 0.25) is 5.02 Å². The van der Waals surface area contributed by atoms with E-state index in [1.165, 1.54) is 6.33 Å². The molecular weight excluding hydrogens is 462 g/mol. The summed E-state index contributed by atoms with van der Waals surface area (Å²) in [5.41, 5.74) is 5.91. The van der Waals surface area contributed by atoms with Gasteiger partial charge in [-0.3, -0.25) is 25.8 Å². The number of halogens is 1. The van der Waals surface area contributed by atoms with Crippen LogP contribution in [0.25, 0.3) is 0 Å². The van der Waals surface area contributed by atoms with Crippen LogP contribution in [0.4, 0.5) is 23.0 Å². The number of piperazine rings is 1. The number of nitrogens with zero attached hydrogens (tertiary/aromatic N) is 5. The average molecular weight is 484 g/mol. The summed E-state index contributed by atoms with van der Waals surface area (Å²) in [6.07, 6.45) is 1.22. The lowest BCUT2D eigenvalue weighted by molar-refractivity contribution is -0.383. The normalized spacial score (nSPS) is 13.4. The van der Waals surface area contributed by atoms with Crippen LogP contribution in [0.1, 0.15) is 10.4 Å². The third-order valence-corrected chi connectivity index (χ3v) is 5.74. The van der Waals surface area contributed by atoms with E-state index in [2.05, 4.69) is 25.7 Å². The number of aromatic nitrogens is 2. The third kappa shape index (κ3) is 4.94. The van der Waals surface area contributed by atoms with E-state index in [9.17, 15) is 14.9 Å². The molecule has 2 N–H and O–H groups in total. The van der Waals surface area contributed by atoms with E-state index in [0.717, 1.165) is 11.4 Å². The first-order chi connectivity index (χ1) is 16.5. The molecule has 1 aromatic heterocycles. The van der Waals surface area contributed by atoms with Gasteiger partial charge >= 0.3 is 5.69 Å². The molecule has 2 heterocycles. The van der Waals surface area contributed by atoms with E-state index in [1.54, 1.807) is 31.4 Å². The number of carbonyl (C=O) groups is 1. The Labute approximate surface area is 200 Å². The van der Waals surface area contributed by atoms with Crippen molar-refractivity contribution in [3.63, 3.8) is 0 Å². The molecule has 0 spiro atoms. The largest absolute Gasteiger partial charge is 0.497 e. The van der Waals surface area contributed by atoms with Crippen molar-refractivity contribution in [2.24, 2.45) is 0 Å². The van der Waals surface area contributed by atoms with Crippen LogP contribution in [-0.2, 0) is 0 Å². The molecule has 176 valence electrons. The summed E-state index contributed by atoms with van der Waals surface area (Å²) in [5.74, 6) is 0.297. The molecule has 0 aliphatic carbocycles. The zero-order valence-corrected chi connectivity index (χ0v) is 19.0. The summed E-state index contributed by atoms with van der Waals surface area (Å²) in [7, 11) is 1.62. The maximum absolute atomic E-state index is 12.4. The van der Waals surface area contributed by atoms with Gasteiger partial charge in [-0.2, -0.15) is 0 Å². The second-order valence-electron chi connectivity index (χ2n) is 7.38. The Bertz CT molecular complexity index is 1180. The maximum Gasteiger partial charge on any atom is 0.355 e. The Balaban J connectivity index is 1.47. The Hall–Kier alpha value is -4.12. The highest BCUT2D eigenvalue weighted by molar-refractivity contribution is 6.33. The van der Waals surface area contributed by atoms with Crippen molar-refractivity contribution in [1.82, 2.24) is 15.4 Å². The Morgan fingerprint density at radius 3 is 2.38 bits per heavy atom. The number of hydrazine groups is 1. The van der Waals surface area contributed by atoms with Crippen molar-refractivity contribution < 1.29 is 14.5 Å². The molecule has 1 saturated heterocycles. The molecule has 4 rings (SSSR count). The minimum Gasteiger partial charge on any atom is -0.497 e. The molecule has 1 fully saturated rings. The number of nitro groups is 1. The molecular formula is C22H22ClN7O4. The fraction of sp³-hybridized carbons (Fsp3) is 0.227. The lowest BCUT2D eigenvalue weighted by Crippen LogP contribution is -2.47. The van der Waals surface area contributed by atoms with Crippen LogP contribution in [0.15, 0.2) is 54.9 Å². The number of ether oxygens (including phenoxy) is 1. The van der Waals surface area contributed by atoms with E-state index < -0.39 is 10.8 Å². The van der Waals surface area contributed by atoms with E-state index in [0.29, 0.717) is 26.2 Å². The third-order valence-electron chi connectivity index (χ3n) is 5.42. The van der Waals surface area contributed by atoms with E-state index >= 15 is 0 Å². The number of hydrogen-bond donors (Lipinski definition) is 2. The fourth-order valence-corrected chi connectivity index (χ4v) is 3.88. The SMILES string of the molecule is COc1ccc(N2CCN(c3ncnc(NNC(=O)c4ccccc4Cl)c3[N+](=O)[O-])CC2)cc1. The molecule has 12 heteroatoms. The van der Waals surface area contributed by atoms with Crippen molar-refractivity contribution in [2.75, 3.05) is 48.5 Å². The van der Waals surface area contributed by atoms with Gasteiger partial charge in [0.1, 0.15) is 12.1 Å². The minimum atomic E-state index is -0.560. The van der Waals surface area contributed by atoms with Gasteiger partial charge in [0.25, 0.3) is 5.91 Å². The summed E-state index contributed by atoms with van der Waals surface area (Å²) >= 11 is 6.04. The van der Waals surface area contributed by atoms with Crippen LogP contribution in [0.3, 0.4) is 0 Å². The number of benzene rings is 2. The highest BCUT2D eigenvalue weighted by Gasteiger charge is 2.29. The fourth-order valence-electron chi connectivity index (χ4n) is 3.66. The summed E-state index contributed by atoms with van der Waals surface area (Å²) in [4.78, 5) is 35.9. The number of methoxy groups -OCH3 is 1. The number of nitrogens with one attached hydrogen (secondary N) is 2.